The van der Waals surface area contributed by atoms with E-state index in [0.29, 0.717) is 5.92 Å². The van der Waals surface area contributed by atoms with E-state index in [1.807, 2.05) is 0 Å². The Bertz CT molecular complexity index is 161. The lowest BCUT2D eigenvalue weighted by atomic mass is 9.79. The molecule has 0 amide bonds. The molecule has 1 rings (SSSR count). The second-order valence-electron chi connectivity index (χ2n) is 4.10. The Balaban J connectivity index is 2.46. The van der Waals surface area contributed by atoms with Crippen LogP contribution in [0, 0.1) is 11.8 Å². The van der Waals surface area contributed by atoms with Gasteiger partial charge in [0.2, 0.25) is 5.24 Å². The average molecular weight is 203 g/mol. The van der Waals surface area contributed by atoms with Crippen LogP contribution >= 0.6 is 11.6 Å². The van der Waals surface area contributed by atoms with Gasteiger partial charge in [-0.15, -0.1) is 0 Å². The molecule has 1 nitrogen and oxygen atoms in total. The highest BCUT2D eigenvalue weighted by Crippen LogP contribution is 2.33. The van der Waals surface area contributed by atoms with Gasteiger partial charge in [0.25, 0.3) is 0 Å². The molecule has 0 bridgehead atoms. The molecule has 0 heterocycles. The van der Waals surface area contributed by atoms with Crippen molar-refractivity contribution in [2.45, 2.75) is 51.9 Å². The van der Waals surface area contributed by atoms with E-state index in [4.69, 9.17) is 11.6 Å². The van der Waals surface area contributed by atoms with E-state index in [1.54, 1.807) is 0 Å². The van der Waals surface area contributed by atoms with Gasteiger partial charge in [-0.25, -0.2) is 0 Å². The Labute approximate surface area is 85.8 Å². The molecule has 1 unspecified atom stereocenters. The normalized spacial score (nSPS) is 21.4. The van der Waals surface area contributed by atoms with Crippen LogP contribution in [0.25, 0.3) is 0 Å². The molecule has 1 fully saturated rings. The Morgan fingerprint density at radius 3 is 2.46 bits per heavy atom. The van der Waals surface area contributed by atoms with E-state index in [-0.39, 0.29) is 11.2 Å². The number of carbonyl (C=O) groups is 1. The maximum Gasteiger partial charge on any atom is 0.224 e. The second-order valence-corrected chi connectivity index (χ2v) is 4.47. The number of rotatable bonds is 4. The van der Waals surface area contributed by atoms with Gasteiger partial charge in [0.1, 0.15) is 0 Å². The quantitative estimate of drug-likeness (QED) is 0.635. The lowest BCUT2D eigenvalue weighted by Crippen LogP contribution is -2.22. The third-order valence-corrected chi connectivity index (χ3v) is 3.39. The molecule has 1 aliphatic carbocycles. The number of hydrogen-bond acceptors (Lipinski definition) is 1. The van der Waals surface area contributed by atoms with Gasteiger partial charge < -0.3 is 0 Å². The number of halogens is 1. The van der Waals surface area contributed by atoms with Crippen LogP contribution in [0.15, 0.2) is 0 Å². The van der Waals surface area contributed by atoms with Gasteiger partial charge in [0.05, 0.1) is 0 Å². The van der Waals surface area contributed by atoms with Gasteiger partial charge in [-0.3, -0.25) is 4.79 Å². The lowest BCUT2D eigenvalue weighted by molar-refractivity contribution is -0.117. The van der Waals surface area contributed by atoms with Crippen LogP contribution in [0.5, 0.6) is 0 Å². The third-order valence-electron chi connectivity index (χ3n) is 3.11. The standard InChI is InChI=1S/C11H19ClO/c1-2-6-10(11(12)13)9-7-4-3-5-8-9/h9-10H,2-8H2,1H3. The minimum absolute atomic E-state index is 0.103. The summed E-state index contributed by atoms with van der Waals surface area (Å²) in [4.78, 5) is 11.2. The molecular weight excluding hydrogens is 184 g/mol. The summed E-state index contributed by atoms with van der Waals surface area (Å²) in [5.74, 6) is 0.727. The second kappa shape index (κ2) is 5.64. The Kier molecular flexibility index (Phi) is 4.79. The zero-order valence-corrected chi connectivity index (χ0v) is 9.15. The summed E-state index contributed by atoms with van der Waals surface area (Å²) in [6.45, 7) is 2.12. The van der Waals surface area contributed by atoms with E-state index < -0.39 is 0 Å². The van der Waals surface area contributed by atoms with Gasteiger partial charge in [0, 0.05) is 5.92 Å². The Hall–Kier alpha value is -0.0400. The monoisotopic (exact) mass is 202 g/mol. The minimum Gasteiger partial charge on any atom is -0.281 e. The molecule has 0 radical (unpaired) electrons. The lowest BCUT2D eigenvalue weighted by Gasteiger charge is -2.27. The Morgan fingerprint density at radius 2 is 2.00 bits per heavy atom. The van der Waals surface area contributed by atoms with Crippen molar-refractivity contribution < 1.29 is 4.79 Å². The van der Waals surface area contributed by atoms with Crippen molar-refractivity contribution in [3.8, 4) is 0 Å². The van der Waals surface area contributed by atoms with E-state index in [9.17, 15) is 4.79 Å². The highest BCUT2D eigenvalue weighted by atomic mass is 35.5. The fourth-order valence-electron chi connectivity index (χ4n) is 2.38. The SMILES string of the molecule is CCCC(C(=O)Cl)C1CCCCC1. The van der Waals surface area contributed by atoms with Crippen LogP contribution in [0.4, 0.5) is 0 Å². The van der Waals surface area contributed by atoms with Gasteiger partial charge in [-0.05, 0) is 36.8 Å². The molecule has 1 atom stereocenters. The summed E-state index contributed by atoms with van der Waals surface area (Å²) in [6.07, 6.45) is 8.38. The molecule has 1 saturated carbocycles. The highest BCUT2D eigenvalue weighted by Gasteiger charge is 2.27. The maximum absolute atomic E-state index is 11.2. The summed E-state index contributed by atoms with van der Waals surface area (Å²) in [5.41, 5.74) is 0. The largest absolute Gasteiger partial charge is 0.281 e. The molecule has 13 heavy (non-hydrogen) atoms. The Morgan fingerprint density at radius 1 is 1.38 bits per heavy atom. The molecule has 0 spiro atoms. The van der Waals surface area contributed by atoms with Crippen molar-refractivity contribution in [2.24, 2.45) is 11.8 Å². The van der Waals surface area contributed by atoms with E-state index in [0.717, 1.165) is 12.8 Å². The molecule has 0 saturated heterocycles. The van der Waals surface area contributed by atoms with E-state index >= 15 is 0 Å². The topological polar surface area (TPSA) is 17.1 Å². The third kappa shape index (κ3) is 3.30. The zero-order chi connectivity index (χ0) is 9.68. The van der Waals surface area contributed by atoms with Crippen molar-refractivity contribution in [1.82, 2.24) is 0 Å². The molecule has 0 aromatic rings. The molecule has 0 aromatic carbocycles. The fourth-order valence-corrected chi connectivity index (χ4v) is 2.67. The summed E-state index contributed by atoms with van der Waals surface area (Å²) < 4.78 is 0. The molecule has 0 aliphatic heterocycles. The summed E-state index contributed by atoms with van der Waals surface area (Å²) in [7, 11) is 0. The molecule has 76 valence electrons. The summed E-state index contributed by atoms with van der Waals surface area (Å²) >= 11 is 5.62. The van der Waals surface area contributed by atoms with Gasteiger partial charge in [-0.2, -0.15) is 0 Å². The van der Waals surface area contributed by atoms with Crippen LogP contribution < -0.4 is 0 Å². The van der Waals surface area contributed by atoms with Crippen LogP contribution in [0.2, 0.25) is 0 Å². The van der Waals surface area contributed by atoms with Gasteiger partial charge in [0.15, 0.2) is 0 Å². The molecular formula is C11H19ClO. The maximum atomic E-state index is 11.2. The smallest absolute Gasteiger partial charge is 0.224 e. The molecule has 1 aliphatic rings. The number of carbonyl (C=O) groups excluding carboxylic acids is 1. The predicted molar refractivity (Wildman–Crippen MR) is 55.8 cm³/mol. The first kappa shape index (κ1) is 11.0. The van der Waals surface area contributed by atoms with Crippen molar-refractivity contribution in [1.29, 1.82) is 0 Å². The first-order chi connectivity index (χ1) is 6.25. The fraction of sp³-hybridized carbons (Fsp3) is 0.909. The van der Waals surface area contributed by atoms with E-state index in [1.165, 1.54) is 32.1 Å². The molecule has 2 heteroatoms. The van der Waals surface area contributed by atoms with Crippen molar-refractivity contribution >= 4 is 16.8 Å². The molecule has 0 N–H and O–H groups in total. The van der Waals surface area contributed by atoms with Crippen LogP contribution in [-0.4, -0.2) is 5.24 Å². The average Bonchev–Trinajstić information content (AvgIpc) is 2.15. The molecule has 0 aromatic heterocycles. The first-order valence-corrected chi connectivity index (χ1v) is 5.82. The predicted octanol–water partition coefficient (Wildman–Crippen LogP) is 3.75. The number of hydrogen-bond donors (Lipinski definition) is 0. The van der Waals surface area contributed by atoms with Crippen molar-refractivity contribution in [3.05, 3.63) is 0 Å². The summed E-state index contributed by atoms with van der Waals surface area (Å²) in [5, 5.41) is -0.103. The van der Waals surface area contributed by atoms with Gasteiger partial charge in [-0.1, -0.05) is 32.6 Å². The summed E-state index contributed by atoms with van der Waals surface area (Å²) in [6, 6.07) is 0. The van der Waals surface area contributed by atoms with Gasteiger partial charge >= 0.3 is 0 Å². The highest BCUT2D eigenvalue weighted by molar-refractivity contribution is 6.64. The van der Waals surface area contributed by atoms with Crippen molar-refractivity contribution in [3.63, 3.8) is 0 Å². The van der Waals surface area contributed by atoms with Crippen molar-refractivity contribution in [2.75, 3.05) is 0 Å². The zero-order valence-electron chi connectivity index (χ0n) is 8.39. The van der Waals surface area contributed by atoms with Crippen LogP contribution in [0.1, 0.15) is 51.9 Å². The van der Waals surface area contributed by atoms with Crippen LogP contribution in [-0.2, 0) is 4.79 Å². The van der Waals surface area contributed by atoms with Crippen LogP contribution in [0.3, 0.4) is 0 Å². The minimum atomic E-state index is -0.103. The first-order valence-electron chi connectivity index (χ1n) is 5.45. The van der Waals surface area contributed by atoms with E-state index in [2.05, 4.69) is 6.92 Å².